The van der Waals surface area contributed by atoms with Gasteiger partial charge in [-0.3, -0.25) is 19.1 Å². The van der Waals surface area contributed by atoms with Crippen LogP contribution in [0.3, 0.4) is 0 Å². The zero-order chi connectivity index (χ0) is 31.3. The first-order valence-corrected chi connectivity index (χ1v) is 24.5. The summed E-state index contributed by atoms with van der Waals surface area (Å²) >= 11 is 0.861. The Balaban J connectivity index is 2.24. The van der Waals surface area contributed by atoms with Crippen LogP contribution >= 0.6 is 11.3 Å². The van der Waals surface area contributed by atoms with E-state index in [0.29, 0.717) is 6.61 Å². The first-order valence-electron chi connectivity index (χ1n) is 16.1. The third kappa shape index (κ3) is 6.90. The van der Waals surface area contributed by atoms with Crippen LogP contribution in [-0.4, -0.2) is 64.4 Å². The summed E-state index contributed by atoms with van der Waals surface area (Å²) in [6.45, 7) is 20.3. The molecule has 0 bridgehead atoms. The van der Waals surface area contributed by atoms with Crippen LogP contribution in [0.15, 0.2) is 9.59 Å². The molecule has 3 N–H and O–H groups in total. The molecule has 3 rings (SSSR count). The van der Waals surface area contributed by atoms with E-state index in [1.807, 2.05) is 0 Å². The van der Waals surface area contributed by atoms with Crippen molar-refractivity contribution in [2.45, 2.75) is 141 Å². The molecule has 3 heterocycles. The molecular weight excluding hydrogens is 605 g/mol. The van der Waals surface area contributed by atoms with Gasteiger partial charge in [0.05, 0.1) is 6.61 Å². The Kier molecular flexibility index (Phi) is 12.4. The van der Waals surface area contributed by atoms with E-state index in [0.717, 1.165) is 65.7 Å². The molecule has 240 valence electrons. The van der Waals surface area contributed by atoms with Crippen molar-refractivity contribution in [3.05, 3.63) is 20.0 Å². The molecule has 1 aliphatic rings. The molecule has 10 nitrogen and oxygen atoms in total. The zero-order valence-electron chi connectivity index (χ0n) is 27.2. The molecular formula is C28H54N4O6SSi3. The van der Waals surface area contributed by atoms with E-state index in [1.165, 1.54) is 4.57 Å². The van der Waals surface area contributed by atoms with E-state index in [1.54, 1.807) is 0 Å². The summed E-state index contributed by atoms with van der Waals surface area (Å²) in [5, 5.41) is 0. The fourth-order valence-corrected chi connectivity index (χ4v) is 15.5. The predicted molar refractivity (Wildman–Crippen MR) is 180 cm³/mol. The van der Waals surface area contributed by atoms with Crippen molar-refractivity contribution in [2.75, 3.05) is 12.3 Å². The number of rotatable bonds is 17. The number of nitrogens with zero attached hydrogens (tertiary/aromatic N) is 2. The maximum Gasteiger partial charge on any atom is 0.311 e. The van der Waals surface area contributed by atoms with Crippen LogP contribution in [0.4, 0.5) is 5.95 Å². The number of hydrogen-bond acceptors (Lipinski definition) is 9. The number of nitrogen functional groups attached to an aromatic ring is 1. The molecule has 0 radical (unpaired) electrons. The van der Waals surface area contributed by atoms with Gasteiger partial charge in [-0.1, -0.05) is 73.7 Å². The SMILES string of the molecule is CC[Si](CC)(CC)OC[C@H]1O[C@@H](n2c(=O)sc3c(=O)[nH]c(N)nc32)[C@@H](O[Si](CC)(CC)CC)[C@@H]1O[Si](CC)(CC)CC. The van der Waals surface area contributed by atoms with Crippen molar-refractivity contribution in [1.82, 2.24) is 14.5 Å². The number of thiazole rings is 1. The van der Waals surface area contributed by atoms with Crippen molar-refractivity contribution >= 4 is 52.6 Å². The quantitative estimate of drug-likeness (QED) is 0.186. The van der Waals surface area contributed by atoms with E-state index in [-0.39, 0.29) is 21.2 Å². The van der Waals surface area contributed by atoms with E-state index in [9.17, 15) is 9.59 Å². The Morgan fingerprint density at radius 2 is 1.29 bits per heavy atom. The van der Waals surface area contributed by atoms with Gasteiger partial charge in [0, 0.05) is 0 Å². The van der Waals surface area contributed by atoms with Crippen molar-refractivity contribution in [2.24, 2.45) is 0 Å². The number of ether oxygens (including phenoxy) is 1. The van der Waals surface area contributed by atoms with Crippen LogP contribution in [0.5, 0.6) is 0 Å². The highest BCUT2D eigenvalue weighted by Crippen LogP contribution is 2.41. The Hall–Kier alpha value is -1.14. The van der Waals surface area contributed by atoms with E-state index < -0.39 is 55.1 Å². The van der Waals surface area contributed by atoms with Gasteiger partial charge in [0.25, 0.3) is 5.56 Å². The summed E-state index contributed by atoms with van der Waals surface area (Å²) in [5.74, 6) is -0.0411. The summed E-state index contributed by atoms with van der Waals surface area (Å²) in [4.78, 5) is 33.0. The summed E-state index contributed by atoms with van der Waals surface area (Å²) < 4.78 is 29.9. The van der Waals surface area contributed by atoms with Crippen LogP contribution in [0.2, 0.25) is 54.4 Å². The molecule has 42 heavy (non-hydrogen) atoms. The summed E-state index contributed by atoms with van der Waals surface area (Å²) in [7, 11) is -6.28. The van der Waals surface area contributed by atoms with Crippen LogP contribution in [0.25, 0.3) is 10.3 Å². The second-order valence-corrected chi connectivity index (χ2v) is 26.8. The fraction of sp³-hybridized carbons (Fsp3) is 0.821. The highest BCUT2D eigenvalue weighted by Gasteiger charge is 2.53. The topological polar surface area (TPSA) is 131 Å². The number of aromatic amines is 1. The standard InChI is InChI=1S/C28H54N4O6SSi3/c1-10-40(11-2,12-3)35-19-20-21(37-41(13-4,14-5)15-6)22(38-42(16-7,17-8)18-9)26(36-20)32-24-23(39-28(32)34)25(33)31-27(29)30-24/h20-22,26H,10-19H2,1-9H3,(H3,29,30,31,33)/t20-,21-,22+,26-/m1/s1. The second-order valence-electron chi connectivity index (χ2n) is 11.6. The van der Waals surface area contributed by atoms with Gasteiger partial charge in [0.1, 0.15) is 23.0 Å². The Labute approximate surface area is 258 Å². The molecule has 2 aromatic rings. The Bertz CT molecular complexity index is 1250. The fourth-order valence-electron chi connectivity index (χ4n) is 6.38. The number of anilines is 1. The van der Waals surface area contributed by atoms with Gasteiger partial charge >= 0.3 is 4.87 Å². The molecule has 1 fully saturated rings. The molecule has 4 atom stereocenters. The smallest absolute Gasteiger partial charge is 0.311 e. The van der Waals surface area contributed by atoms with Crippen molar-refractivity contribution in [3.63, 3.8) is 0 Å². The molecule has 0 spiro atoms. The molecule has 1 aliphatic heterocycles. The minimum Gasteiger partial charge on any atom is -0.414 e. The summed E-state index contributed by atoms with van der Waals surface area (Å²) in [6.07, 6.45) is -2.18. The average Bonchev–Trinajstić information content (AvgIpc) is 3.51. The third-order valence-electron chi connectivity index (χ3n) is 10.2. The molecule has 0 unspecified atom stereocenters. The molecule has 14 heteroatoms. The normalized spacial score (nSPS) is 21.9. The lowest BCUT2D eigenvalue weighted by Crippen LogP contribution is -2.52. The van der Waals surface area contributed by atoms with Crippen molar-refractivity contribution in [3.8, 4) is 0 Å². The molecule has 2 aromatic heterocycles. The number of nitrogens with one attached hydrogen (secondary N) is 1. The minimum atomic E-state index is -2.20. The Morgan fingerprint density at radius 1 is 0.810 bits per heavy atom. The second kappa shape index (κ2) is 14.8. The van der Waals surface area contributed by atoms with Crippen LogP contribution < -0.4 is 16.2 Å². The Morgan fingerprint density at radius 3 is 1.76 bits per heavy atom. The first kappa shape index (κ1) is 35.3. The van der Waals surface area contributed by atoms with E-state index in [2.05, 4.69) is 72.3 Å². The largest absolute Gasteiger partial charge is 0.414 e. The van der Waals surface area contributed by atoms with Crippen molar-refractivity contribution < 1.29 is 18.0 Å². The van der Waals surface area contributed by atoms with E-state index >= 15 is 0 Å². The average molecular weight is 659 g/mol. The highest BCUT2D eigenvalue weighted by atomic mass is 32.1. The number of aromatic nitrogens is 3. The van der Waals surface area contributed by atoms with Crippen LogP contribution in [0, 0.1) is 0 Å². The number of fused-ring (bicyclic) bond motifs is 1. The number of H-pyrrole nitrogens is 1. The molecule has 1 saturated heterocycles. The van der Waals surface area contributed by atoms with Crippen molar-refractivity contribution in [1.29, 1.82) is 0 Å². The predicted octanol–water partition coefficient (Wildman–Crippen LogP) is 6.43. The van der Waals surface area contributed by atoms with E-state index in [4.69, 9.17) is 23.7 Å². The molecule has 0 aliphatic carbocycles. The summed E-state index contributed by atoms with van der Waals surface area (Å²) in [5.41, 5.74) is 5.76. The summed E-state index contributed by atoms with van der Waals surface area (Å²) in [6, 6.07) is 8.83. The third-order valence-corrected chi connectivity index (χ3v) is 25.0. The lowest BCUT2D eigenvalue weighted by Gasteiger charge is -2.40. The zero-order valence-corrected chi connectivity index (χ0v) is 31.0. The minimum absolute atomic E-state index is 0.0411. The van der Waals surface area contributed by atoms with Crippen LogP contribution in [0.1, 0.15) is 68.5 Å². The number of nitrogens with two attached hydrogens (primary N) is 1. The van der Waals surface area contributed by atoms with Gasteiger partial charge in [-0.15, -0.1) is 0 Å². The molecule has 0 amide bonds. The first-order chi connectivity index (χ1) is 20.0. The molecule has 0 saturated carbocycles. The van der Waals surface area contributed by atoms with Crippen LogP contribution in [-0.2, 0) is 18.0 Å². The molecule has 0 aromatic carbocycles. The lowest BCUT2D eigenvalue weighted by atomic mass is 10.1. The van der Waals surface area contributed by atoms with Gasteiger partial charge in [0.2, 0.25) is 5.95 Å². The van der Waals surface area contributed by atoms with Gasteiger partial charge in [-0.2, -0.15) is 4.98 Å². The number of hydrogen-bond donors (Lipinski definition) is 2. The van der Waals surface area contributed by atoms with Gasteiger partial charge in [0.15, 0.2) is 36.8 Å². The lowest BCUT2D eigenvalue weighted by molar-refractivity contribution is -0.0473. The van der Waals surface area contributed by atoms with Gasteiger partial charge in [-0.05, 0) is 54.4 Å². The maximum atomic E-state index is 13.6. The monoisotopic (exact) mass is 658 g/mol. The van der Waals surface area contributed by atoms with Gasteiger partial charge in [-0.25, -0.2) is 0 Å². The highest BCUT2D eigenvalue weighted by molar-refractivity contribution is 7.16. The maximum absolute atomic E-state index is 13.6. The van der Waals surface area contributed by atoms with Gasteiger partial charge < -0.3 is 23.7 Å².